The number of thioether (sulfide) groups is 1. The van der Waals surface area contributed by atoms with Gasteiger partial charge in [-0.3, -0.25) is 9.59 Å². The van der Waals surface area contributed by atoms with E-state index in [0.717, 1.165) is 0 Å². The molecule has 0 aliphatic carbocycles. The van der Waals surface area contributed by atoms with E-state index in [1.807, 2.05) is 32.0 Å². The summed E-state index contributed by atoms with van der Waals surface area (Å²) < 4.78 is -0.289. The highest BCUT2D eigenvalue weighted by Crippen LogP contribution is 2.56. The minimum Gasteiger partial charge on any atom is -0.340 e. The van der Waals surface area contributed by atoms with Crippen LogP contribution in [0.5, 0.6) is 0 Å². The van der Waals surface area contributed by atoms with Crippen LogP contribution in [0.3, 0.4) is 0 Å². The summed E-state index contributed by atoms with van der Waals surface area (Å²) in [4.78, 5) is 26.9. The average Bonchev–Trinajstić information content (AvgIpc) is 3.23. The second kappa shape index (κ2) is 6.06. The van der Waals surface area contributed by atoms with Crippen LogP contribution in [0.15, 0.2) is 30.3 Å². The molecule has 0 saturated carbocycles. The molecule has 0 spiro atoms. The number of nitrogens with zero attached hydrogens (tertiary/aromatic N) is 4. The smallest absolute Gasteiger partial charge is 0.249 e. The lowest BCUT2D eigenvalue weighted by Gasteiger charge is -2.44. The van der Waals surface area contributed by atoms with E-state index in [0.29, 0.717) is 11.4 Å². The molecule has 9 nitrogen and oxygen atoms in total. The molecule has 4 N–H and O–H groups in total. The van der Waals surface area contributed by atoms with Crippen LogP contribution in [-0.4, -0.2) is 53.5 Å². The van der Waals surface area contributed by atoms with Crippen LogP contribution in [0.4, 0.5) is 0 Å². The maximum absolute atomic E-state index is 12.7. The molecule has 2 amide bonds. The normalized spacial score (nSPS) is 27.6. The zero-order valence-corrected chi connectivity index (χ0v) is 15.1. The number of hydrogen-bond acceptors (Lipinski definition) is 7. The Kier molecular flexibility index (Phi) is 3.96. The number of amides is 2. The summed E-state index contributed by atoms with van der Waals surface area (Å²) in [5.41, 5.74) is 6.74. The highest BCUT2D eigenvalue weighted by atomic mass is 32.2. The van der Waals surface area contributed by atoms with E-state index in [-0.39, 0.29) is 28.0 Å². The lowest BCUT2D eigenvalue weighted by atomic mass is 9.95. The minimum atomic E-state index is -0.813. The lowest BCUT2D eigenvalue weighted by molar-refractivity contribution is -0.152. The molecule has 3 unspecified atom stereocenters. The molecule has 4 atom stereocenters. The lowest BCUT2D eigenvalue weighted by Crippen LogP contribution is -2.68. The first kappa shape index (κ1) is 17.0. The van der Waals surface area contributed by atoms with Gasteiger partial charge >= 0.3 is 0 Å². The van der Waals surface area contributed by atoms with Crippen LogP contribution in [-0.2, 0) is 9.59 Å². The number of carbonyl (C=O) groups excluding carboxylic acids is 2. The molecule has 2 aliphatic rings. The Bertz CT molecular complexity index is 826. The van der Waals surface area contributed by atoms with E-state index in [1.165, 1.54) is 0 Å². The molecule has 1 aromatic carbocycles. The van der Waals surface area contributed by atoms with Crippen LogP contribution < -0.4 is 11.1 Å². The summed E-state index contributed by atoms with van der Waals surface area (Å²) in [6.07, 6.45) is 0. The molecule has 4 rings (SSSR count). The predicted octanol–water partition coefficient (Wildman–Crippen LogP) is 0.119. The van der Waals surface area contributed by atoms with Crippen LogP contribution in [0.1, 0.15) is 37.3 Å². The van der Waals surface area contributed by atoms with Crippen molar-refractivity contribution in [3.63, 3.8) is 0 Å². The van der Waals surface area contributed by atoms with Crippen LogP contribution in [0.2, 0.25) is 0 Å². The van der Waals surface area contributed by atoms with Gasteiger partial charge in [-0.15, -0.1) is 16.9 Å². The van der Waals surface area contributed by atoms with Crippen LogP contribution >= 0.6 is 11.8 Å². The third-order valence-electron chi connectivity index (χ3n) is 4.80. The van der Waals surface area contributed by atoms with Gasteiger partial charge in [0, 0.05) is 4.75 Å². The molecule has 0 bridgehead atoms. The number of carbonyl (C=O) groups is 2. The third kappa shape index (κ3) is 2.56. The van der Waals surface area contributed by atoms with E-state index in [1.54, 1.807) is 28.8 Å². The number of rotatable bonds is 4. The average molecular weight is 373 g/mol. The van der Waals surface area contributed by atoms with Gasteiger partial charge in [0.25, 0.3) is 0 Å². The number of hydrogen-bond donors (Lipinski definition) is 3. The van der Waals surface area contributed by atoms with Crippen molar-refractivity contribution in [3.8, 4) is 0 Å². The molecule has 2 saturated heterocycles. The van der Waals surface area contributed by atoms with Gasteiger partial charge in [-0.1, -0.05) is 30.3 Å². The van der Waals surface area contributed by atoms with Gasteiger partial charge in [0.15, 0.2) is 5.82 Å². The van der Waals surface area contributed by atoms with Crippen LogP contribution in [0, 0.1) is 0 Å². The maximum Gasteiger partial charge on any atom is 0.249 e. The molecular weight excluding hydrogens is 354 g/mol. The van der Waals surface area contributed by atoms with Crippen molar-refractivity contribution >= 4 is 23.6 Å². The van der Waals surface area contributed by atoms with Gasteiger partial charge < -0.3 is 16.0 Å². The maximum atomic E-state index is 12.7. The van der Waals surface area contributed by atoms with Gasteiger partial charge in [-0.25, -0.2) is 5.10 Å². The fraction of sp³-hybridized carbons (Fsp3) is 0.438. The first-order valence-electron chi connectivity index (χ1n) is 8.24. The van der Waals surface area contributed by atoms with E-state index >= 15 is 0 Å². The molecule has 2 aromatic rings. The van der Waals surface area contributed by atoms with Crippen LogP contribution in [0.25, 0.3) is 0 Å². The number of tetrazole rings is 1. The first-order valence-corrected chi connectivity index (χ1v) is 9.12. The number of H-pyrrole nitrogens is 1. The fourth-order valence-electron chi connectivity index (χ4n) is 3.53. The number of nitrogens with one attached hydrogen (secondary N) is 2. The molecule has 0 radical (unpaired) electrons. The Balaban J connectivity index is 1.49. The van der Waals surface area contributed by atoms with E-state index in [4.69, 9.17) is 5.73 Å². The Morgan fingerprint density at radius 1 is 1.38 bits per heavy atom. The van der Waals surface area contributed by atoms with Gasteiger partial charge in [0.1, 0.15) is 23.5 Å². The van der Waals surface area contributed by atoms with Crippen molar-refractivity contribution in [2.75, 3.05) is 0 Å². The molecule has 1 aromatic heterocycles. The molecule has 26 heavy (non-hydrogen) atoms. The Morgan fingerprint density at radius 3 is 2.77 bits per heavy atom. The van der Waals surface area contributed by atoms with Crippen molar-refractivity contribution in [1.82, 2.24) is 30.8 Å². The number of aromatic nitrogens is 4. The first-order chi connectivity index (χ1) is 12.4. The number of aromatic amines is 1. The Morgan fingerprint density at radius 2 is 2.12 bits per heavy atom. The Hall–Kier alpha value is -2.46. The van der Waals surface area contributed by atoms with Gasteiger partial charge in [0.2, 0.25) is 11.8 Å². The summed E-state index contributed by atoms with van der Waals surface area (Å²) in [6, 6.07) is 7.41. The summed E-state index contributed by atoms with van der Waals surface area (Å²) in [7, 11) is 0. The van der Waals surface area contributed by atoms with Crippen molar-refractivity contribution in [3.05, 3.63) is 41.7 Å². The number of fused-ring (bicyclic) bond motifs is 1. The topological polar surface area (TPSA) is 130 Å². The molecule has 3 heterocycles. The summed E-state index contributed by atoms with van der Waals surface area (Å²) >= 11 is 1.62. The molecule has 136 valence electrons. The summed E-state index contributed by atoms with van der Waals surface area (Å²) in [5.74, 6) is 0.0320. The van der Waals surface area contributed by atoms with Crippen molar-refractivity contribution in [1.29, 1.82) is 0 Å². The standard InChI is InChI=1S/C16H19N7O2S/c1-16(2)11(12-19-21-22-20-12)23-14(25)10(15(23)26-16)18-13(24)9(17)8-6-4-3-5-7-8/h3-7,9-11,15H,17H2,1-2H3,(H,18,24)(H,19,20,21,22)/t9?,10?,11?,15-/m0/s1. The van der Waals surface area contributed by atoms with Crippen molar-refractivity contribution in [2.45, 2.75) is 42.1 Å². The van der Waals surface area contributed by atoms with Gasteiger partial charge in [-0.2, -0.15) is 0 Å². The van der Waals surface area contributed by atoms with Gasteiger partial charge in [0.05, 0.1) is 0 Å². The number of benzene rings is 1. The largest absolute Gasteiger partial charge is 0.340 e. The van der Waals surface area contributed by atoms with E-state index < -0.39 is 12.1 Å². The van der Waals surface area contributed by atoms with E-state index in [9.17, 15) is 9.59 Å². The monoisotopic (exact) mass is 373 g/mol. The predicted molar refractivity (Wildman–Crippen MR) is 94.5 cm³/mol. The second-order valence-electron chi connectivity index (χ2n) is 6.92. The quantitative estimate of drug-likeness (QED) is 0.649. The SMILES string of the molecule is CC1(C)S[C@H]2C(NC(=O)C(N)c3ccccc3)C(=O)N2C1c1nnn[nH]1. The summed E-state index contributed by atoms with van der Waals surface area (Å²) in [5, 5.41) is 16.6. The number of β-lactam (4-membered cyclic amide) rings is 1. The van der Waals surface area contributed by atoms with Gasteiger partial charge in [-0.05, 0) is 29.8 Å². The highest BCUT2D eigenvalue weighted by Gasteiger charge is 2.63. The molecule has 10 heteroatoms. The Labute approximate surface area is 154 Å². The molecular formula is C16H19N7O2S. The van der Waals surface area contributed by atoms with E-state index in [2.05, 4.69) is 25.9 Å². The summed E-state index contributed by atoms with van der Waals surface area (Å²) in [6.45, 7) is 4.07. The van der Waals surface area contributed by atoms with Crippen molar-refractivity contribution < 1.29 is 9.59 Å². The molecule has 2 fully saturated rings. The van der Waals surface area contributed by atoms with Crippen molar-refractivity contribution in [2.24, 2.45) is 5.73 Å². The minimum absolute atomic E-state index is 0.150. The second-order valence-corrected chi connectivity index (χ2v) is 8.69. The highest BCUT2D eigenvalue weighted by molar-refractivity contribution is 8.01. The zero-order valence-electron chi connectivity index (χ0n) is 14.3. The third-order valence-corrected chi connectivity index (χ3v) is 6.37. The molecule has 2 aliphatic heterocycles. The fourth-order valence-corrected chi connectivity index (χ4v) is 5.16. The zero-order chi connectivity index (χ0) is 18.5. The number of nitrogens with two attached hydrogens (primary N) is 1.